The van der Waals surface area contributed by atoms with Crippen LogP contribution in [0.3, 0.4) is 0 Å². The maximum atomic E-state index is 14.2. The van der Waals surface area contributed by atoms with Gasteiger partial charge in [0.2, 0.25) is 0 Å². The molecule has 2 heterocycles. The molecule has 1 saturated heterocycles. The van der Waals surface area contributed by atoms with Crippen LogP contribution in [0.4, 0.5) is 0 Å². The monoisotopic (exact) mass is 879 g/mol. The molecular weight excluding hydrogens is 805 g/mol. The minimum atomic E-state index is -1.54. The van der Waals surface area contributed by atoms with Crippen LogP contribution in [0, 0.1) is 45.3 Å². The van der Waals surface area contributed by atoms with Crippen LogP contribution in [0.2, 0.25) is 0 Å². The maximum absolute atomic E-state index is 14.2. The van der Waals surface area contributed by atoms with Crippen molar-refractivity contribution < 1.29 is 47.8 Å². The van der Waals surface area contributed by atoms with E-state index in [0.717, 1.165) is 54.3 Å². The highest BCUT2D eigenvalue weighted by Gasteiger charge is 2.57. The van der Waals surface area contributed by atoms with Crippen molar-refractivity contribution in [3.8, 4) is 0 Å². The summed E-state index contributed by atoms with van der Waals surface area (Å²) in [6.45, 7) is 19.1. The maximum Gasteiger partial charge on any atom is 0.353 e. The van der Waals surface area contributed by atoms with Crippen LogP contribution < -0.4 is 5.32 Å². The Balaban J connectivity index is 0.00000102. The summed E-state index contributed by atoms with van der Waals surface area (Å²) in [6.07, 6.45) is 8.59. The summed E-state index contributed by atoms with van der Waals surface area (Å²) in [5, 5.41) is 15.6. The molecule has 2 bridgehead atoms. The number of hydrogen-bond acceptors (Lipinski definition) is 11. The van der Waals surface area contributed by atoms with Crippen molar-refractivity contribution in [1.29, 1.82) is 0 Å². The van der Waals surface area contributed by atoms with Gasteiger partial charge in [0.1, 0.15) is 24.5 Å². The summed E-state index contributed by atoms with van der Waals surface area (Å²) in [7, 11) is 3.97. The van der Waals surface area contributed by atoms with E-state index in [1.165, 1.54) is 19.3 Å². The summed E-state index contributed by atoms with van der Waals surface area (Å²) in [5.74, 6) is 0.653. The van der Waals surface area contributed by atoms with Gasteiger partial charge in [0, 0.05) is 32.5 Å². The molecule has 0 amide bonds. The number of aliphatic carboxylic acids is 1. The molecule has 0 radical (unpaired) electrons. The predicted molar refractivity (Wildman–Crippen MR) is 239 cm³/mol. The topological polar surface area (TPSA) is 156 Å². The fourth-order valence-electron chi connectivity index (χ4n) is 10.3. The van der Waals surface area contributed by atoms with E-state index in [2.05, 4.69) is 10.3 Å². The molecule has 0 aromatic carbocycles. The number of carboxylic acid groups (broad SMARTS) is 1. The number of carbonyl (C=O) groups is 4. The van der Waals surface area contributed by atoms with Crippen molar-refractivity contribution in [2.75, 3.05) is 59.3 Å². The molecule has 13 nitrogen and oxygen atoms in total. The number of carboxylic acids is 1. The fraction of sp³-hybridized carbons (Fsp3) is 0.844. The summed E-state index contributed by atoms with van der Waals surface area (Å²) in [4.78, 5) is 61.3. The first-order chi connectivity index (χ1) is 27.9. The average Bonchev–Trinajstić information content (AvgIpc) is 4.00. The van der Waals surface area contributed by atoms with Crippen LogP contribution in [0.25, 0.3) is 0 Å². The number of thiocarbonyl (C=S) groups is 1. The van der Waals surface area contributed by atoms with Gasteiger partial charge in [0.05, 0.1) is 35.3 Å². The Labute approximate surface area is 368 Å². The Bertz CT molecular complexity index is 1630. The molecule has 2 aliphatic heterocycles. The van der Waals surface area contributed by atoms with Gasteiger partial charge in [0.25, 0.3) is 0 Å². The van der Waals surface area contributed by atoms with Gasteiger partial charge < -0.3 is 34.3 Å². The number of nitrogens with zero attached hydrogens (tertiary/aromatic N) is 3. The minimum absolute atomic E-state index is 0.0104. The number of aliphatic imine (C=N–C) groups is 1. The van der Waals surface area contributed by atoms with Gasteiger partial charge in [-0.2, -0.15) is 0 Å². The second kappa shape index (κ2) is 20.6. The Hall–Kier alpha value is -2.78. The van der Waals surface area contributed by atoms with Crippen molar-refractivity contribution in [2.45, 2.75) is 138 Å². The lowest BCUT2D eigenvalue weighted by atomic mass is 9.61. The largest absolute Gasteiger partial charge is 0.481 e. The molecule has 0 aromatic heterocycles. The summed E-state index contributed by atoms with van der Waals surface area (Å²) in [6, 6.07) is 0. The van der Waals surface area contributed by atoms with Crippen molar-refractivity contribution in [3.05, 3.63) is 0 Å². The van der Waals surface area contributed by atoms with Gasteiger partial charge in [-0.1, -0.05) is 18.3 Å². The van der Waals surface area contributed by atoms with E-state index in [9.17, 15) is 24.3 Å². The molecule has 4 fully saturated rings. The molecule has 0 spiro atoms. The van der Waals surface area contributed by atoms with Crippen molar-refractivity contribution in [1.82, 2.24) is 10.2 Å². The van der Waals surface area contributed by atoms with E-state index >= 15 is 0 Å². The summed E-state index contributed by atoms with van der Waals surface area (Å²) >= 11 is 6.53. The fourth-order valence-corrected chi connectivity index (χ4v) is 11.4. The Kier molecular flexibility index (Phi) is 17.1. The molecule has 3 saturated carbocycles. The number of nitrogens with one attached hydrogen (secondary N) is 1. The number of fused-ring (bicyclic) bond motifs is 5. The van der Waals surface area contributed by atoms with Crippen LogP contribution in [0.1, 0.15) is 127 Å². The molecule has 8 atom stereocenters. The van der Waals surface area contributed by atoms with E-state index in [4.69, 9.17) is 31.2 Å². The third-order valence-electron chi connectivity index (χ3n) is 13.3. The van der Waals surface area contributed by atoms with Crippen molar-refractivity contribution in [3.63, 3.8) is 0 Å². The number of hydrogen-bond donors (Lipinski definition) is 2. The summed E-state index contributed by atoms with van der Waals surface area (Å²) < 4.78 is 25.6. The smallest absolute Gasteiger partial charge is 0.353 e. The lowest BCUT2D eigenvalue weighted by molar-refractivity contribution is -0.355. The van der Waals surface area contributed by atoms with Gasteiger partial charge in [0.15, 0.2) is 11.7 Å². The number of rotatable bonds is 19. The van der Waals surface area contributed by atoms with Gasteiger partial charge in [-0.05, 0) is 161 Å². The van der Waals surface area contributed by atoms with Crippen LogP contribution in [0.5, 0.6) is 0 Å². The number of likely N-dealkylation sites (N-methyl/N-ethyl adjacent to an activating group) is 1. The van der Waals surface area contributed by atoms with E-state index in [1.807, 2.05) is 36.7 Å². The predicted octanol–water partition coefficient (Wildman–Crippen LogP) is 6.98. The third kappa shape index (κ3) is 12.9. The molecule has 340 valence electrons. The van der Waals surface area contributed by atoms with Crippen LogP contribution in [0.15, 0.2) is 4.99 Å². The molecule has 3 aliphatic carbocycles. The van der Waals surface area contributed by atoms with E-state index < -0.39 is 45.2 Å². The Morgan fingerprint density at radius 2 is 1.60 bits per heavy atom. The van der Waals surface area contributed by atoms with E-state index in [0.29, 0.717) is 37.3 Å². The zero-order chi connectivity index (χ0) is 44.7. The van der Waals surface area contributed by atoms with Crippen molar-refractivity contribution >= 4 is 64.4 Å². The highest BCUT2D eigenvalue weighted by Crippen LogP contribution is 2.60. The second-order valence-corrected chi connectivity index (χ2v) is 21.8. The second-order valence-electron chi connectivity index (χ2n) is 20.4. The number of esters is 3. The van der Waals surface area contributed by atoms with Crippen molar-refractivity contribution in [2.24, 2.45) is 50.3 Å². The van der Waals surface area contributed by atoms with Crippen LogP contribution >= 0.6 is 24.0 Å². The van der Waals surface area contributed by atoms with E-state index in [-0.39, 0.29) is 44.5 Å². The van der Waals surface area contributed by atoms with Crippen LogP contribution in [-0.2, 0) is 38.1 Å². The zero-order valence-corrected chi connectivity index (χ0v) is 40.0. The molecule has 5 aliphatic rings. The minimum Gasteiger partial charge on any atom is -0.481 e. The first kappa shape index (κ1) is 49.9. The normalized spacial score (nSPS) is 26.4. The number of ether oxygens (including phenoxy) is 4. The third-order valence-corrected chi connectivity index (χ3v) is 15.0. The van der Waals surface area contributed by atoms with Gasteiger partial charge in [-0.15, -0.1) is 0 Å². The van der Waals surface area contributed by atoms with Gasteiger partial charge >= 0.3 is 29.0 Å². The molecule has 0 aromatic rings. The highest BCUT2D eigenvalue weighted by atomic mass is 32.2. The zero-order valence-electron chi connectivity index (χ0n) is 38.4. The standard InChI is InChI=1S/C41H66N2O9S.C4H8N2S/c1-11-39(7,35(48)52-37(2,3)4)25-40(8,32(44)45)26-41(9,34(47)50-20-19-49-18-13-21-53-36-42-16-17-43(36)10)24-38(5,6)33(46)51-31-23-27-22-30(31)29-15-12-14-28(27)29;1-6-3-2-5-4(6)7/h17,27-31H,11-16,18-26H2,1-10H3;2-3H2,1H3,(H,5,7)/p+1. The van der Waals surface area contributed by atoms with E-state index in [1.54, 1.807) is 67.2 Å². The molecule has 15 heteroatoms. The quantitative estimate of drug-likeness (QED) is 0.0451. The highest BCUT2D eigenvalue weighted by molar-refractivity contribution is 8.13. The average molecular weight is 880 g/mol. The number of amidine groups is 1. The first-order valence-corrected chi connectivity index (χ1v) is 23.5. The van der Waals surface area contributed by atoms with Crippen LogP contribution in [-0.4, -0.2) is 126 Å². The molecule has 2 N–H and O–H groups in total. The Morgan fingerprint density at radius 3 is 2.17 bits per heavy atom. The van der Waals surface area contributed by atoms with Gasteiger partial charge in [-0.25, -0.2) is 4.58 Å². The molecule has 60 heavy (non-hydrogen) atoms. The number of carbonyl (C=O) groups excluding carboxylic acids is 3. The van der Waals surface area contributed by atoms with Gasteiger partial charge in [-0.3, -0.25) is 19.2 Å². The Morgan fingerprint density at radius 1 is 0.917 bits per heavy atom. The summed E-state index contributed by atoms with van der Waals surface area (Å²) in [5.41, 5.74) is -5.96. The molecular formula is C45H75N4O9S2+. The molecule has 8 unspecified atom stereocenters. The lowest BCUT2D eigenvalue weighted by Crippen LogP contribution is -2.47. The lowest BCUT2D eigenvalue weighted by Gasteiger charge is -2.42. The molecule has 5 rings (SSSR count). The first-order valence-electron chi connectivity index (χ1n) is 22.1. The number of thioether (sulfide) groups is 1. The SMILES string of the molecule is CCC(C)(CC(C)(CC(C)(CC(C)(C)C(=O)OC1CC2CC1C1CCCC21)C(=O)OCCOCCCSC1=NCC=[N+]1C)C(=O)O)C(=O)OC(C)(C)C.CN1CCNC1=S.